The Balaban J connectivity index is 2.88. The summed E-state index contributed by atoms with van der Waals surface area (Å²) in [5.74, 6) is -1.79. The number of imide groups is 1. The minimum atomic E-state index is -0.810. The lowest BCUT2D eigenvalue weighted by molar-refractivity contribution is -0.145. The molecule has 0 aromatic heterocycles. The van der Waals surface area contributed by atoms with Crippen LogP contribution in [0.5, 0.6) is 0 Å². The molecule has 0 N–H and O–H groups in total. The molecule has 1 saturated heterocycles. The van der Waals surface area contributed by atoms with E-state index in [0.29, 0.717) is 12.8 Å². The Morgan fingerprint density at radius 2 is 2.07 bits per heavy atom. The largest absolute Gasteiger partial charge is 0.421 e. The Morgan fingerprint density at radius 3 is 2.53 bits per heavy atom. The zero-order valence-electron chi connectivity index (χ0n) is 8.39. The van der Waals surface area contributed by atoms with E-state index < -0.39 is 17.4 Å². The van der Waals surface area contributed by atoms with Gasteiger partial charge in [-0.05, 0) is 12.8 Å². The third-order valence-corrected chi connectivity index (χ3v) is 2.20. The number of rotatable bonds is 2. The maximum atomic E-state index is 11.6. The molecule has 0 radical (unpaired) electrons. The molecule has 15 heavy (non-hydrogen) atoms. The van der Waals surface area contributed by atoms with E-state index in [-0.39, 0.29) is 12.5 Å². The smallest absolute Gasteiger partial charge is 0.360 e. The van der Waals surface area contributed by atoms with Crippen molar-refractivity contribution in [2.45, 2.75) is 26.2 Å². The second-order valence-electron chi connectivity index (χ2n) is 3.31. The predicted octanol–water partition coefficient (Wildman–Crippen LogP) is -0.215. The lowest BCUT2D eigenvalue weighted by Gasteiger charge is -2.22. The van der Waals surface area contributed by atoms with Crippen LogP contribution in [0.3, 0.4) is 0 Å². The minimum Gasteiger partial charge on any atom is -0.360 e. The fourth-order valence-corrected chi connectivity index (χ4v) is 1.41. The minimum absolute atomic E-state index is 0.282. The molecule has 1 fully saturated rings. The van der Waals surface area contributed by atoms with Crippen LogP contribution in [0.4, 0.5) is 0 Å². The van der Waals surface area contributed by atoms with Crippen molar-refractivity contribution < 1.29 is 19.2 Å². The Kier molecular flexibility index (Phi) is 3.46. The molecule has 2 amide bonds. The molecule has 0 aromatic rings. The van der Waals surface area contributed by atoms with Crippen molar-refractivity contribution in [1.29, 1.82) is 0 Å². The van der Waals surface area contributed by atoms with Crippen molar-refractivity contribution in [3.63, 3.8) is 0 Å². The first kappa shape index (κ1) is 11.3. The standard InChI is InChI=1S/C9H11N3O3/c1-6(13)8(11-10)9(15)12-5-3-2-4-7(12)14/h2-5H2,1H3. The van der Waals surface area contributed by atoms with Crippen LogP contribution in [-0.2, 0) is 14.4 Å². The van der Waals surface area contributed by atoms with Crippen molar-refractivity contribution in [3.05, 3.63) is 5.53 Å². The number of ketones is 1. The van der Waals surface area contributed by atoms with E-state index in [2.05, 4.69) is 4.79 Å². The summed E-state index contributed by atoms with van der Waals surface area (Å²) in [6.45, 7) is 1.39. The van der Waals surface area contributed by atoms with Crippen LogP contribution in [0.1, 0.15) is 26.2 Å². The number of hydrogen-bond donors (Lipinski definition) is 0. The van der Waals surface area contributed by atoms with Gasteiger partial charge in [-0.3, -0.25) is 19.3 Å². The molecular formula is C9H11N3O3. The zero-order valence-corrected chi connectivity index (χ0v) is 8.39. The van der Waals surface area contributed by atoms with Gasteiger partial charge in [-0.1, -0.05) is 0 Å². The van der Waals surface area contributed by atoms with Crippen LogP contribution in [0, 0.1) is 0 Å². The SMILES string of the molecule is CC(=O)C(=[N+]=[N-])C(=O)N1CCCCC1=O. The maximum absolute atomic E-state index is 11.6. The van der Waals surface area contributed by atoms with E-state index in [9.17, 15) is 14.4 Å². The third-order valence-electron chi connectivity index (χ3n) is 2.20. The highest BCUT2D eigenvalue weighted by Gasteiger charge is 2.35. The van der Waals surface area contributed by atoms with Gasteiger partial charge < -0.3 is 5.53 Å². The number of Topliss-reactive ketones (excluding diaryl/α,β-unsaturated/α-hetero) is 1. The van der Waals surface area contributed by atoms with E-state index >= 15 is 0 Å². The van der Waals surface area contributed by atoms with Gasteiger partial charge in [0.15, 0.2) is 0 Å². The van der Waals surface area contributed by atoms with Crippen molar-refractivity contribution in [2.24, 2.45) is 0 Å². The monoisotopic (exact) mass is 209 g/mol. The molecule has 0 saturated carbocycles. The molecule has 0 bridgehead atoms. The number of carbonyl (C=O) groups excluding carboxylic acids is 3. The molecule has 6 nitrogen and oxygen atoms in total. The van der Waals surface area contributed by atoms with Gasteiger partial charge in [0.05, 0.1) is 0 Å². The van der Waals surface area contributed by atoms with Crippen LogP contribution >= 0.6 is 0 Å². The van der Waals surface area contributed by atoms with E-state index in [1.54, 1.807) is 0 Å². The molecule has 6 heteroatoms. The molecular weight excluding hydrogens is 198 g/mol. The summed E-state index contributed by atoms with van der Waals surface area (Å²) < 4.78 is 0. The molecule has 0 atom stereocenters. The first-order chi connectivity index (χ1) is 7.07. The van der Waals surface area contributed by atoms with E-state index in [0.717, 1.165) is 18.2 Å². The van der Waals surface area contributed by atoms with Gasteiger partial charge in [-0.25, -0.2) is 0 Å². The molecule has 0 aromatic carbocycles. The van der Waals surface area contributed by atoms with E-state index in [4.69, 9.17) is 5.53 Å². The normalized spacial score (nSPS) is 15.8. The second-order valence-corrected chi connectivity index (χ2v) is 3.31. The van der Waals surface area contributed by atoms with Gasteiger partial charge in [0.2, 0.25) is 11.7 Å². The van der Waals surface area contributed by atoms with Crippen LogP contribution in [0.25, 0.3) is 5.53 Å². The molecule has 1 aliphatic heterocycles. The second kappa shape index (κ2) is 4.61. The summed E-state index contributed by atoms with van der Waals surface area (Å²) in [5, 5.41) is 0. The fraction of sp³-hybridized carbons (Fsp3) is 0.556. The third kappa shape index (κ3) is 2.35. The maximum Gasteiger partial charge on any atom is 0.421 e. The fourth-order valence-electron chi connectivity index (χ4n) is 1.41. The summed E-state index contributed by atoms with van der Waals surface area (Å²) in [7, 11) is 0. The Morgan fingerprint density at radius 1 is 1.40 bits per heavy atom. The summed E-state index contributed by atoms with van der Waals surface area (Å²) >= 11 is 0. The van der Waals surface area contributed by atoms with Crippen LogP contribution < -0.4 is 0 Å². The Bertz CT molecular complexity index is 369. The first-order valence-electron chi connectivity index (χ1n) is 4.65. The van der Waals surface area contributed by atoms with Crippen molar-refractivity contribution in [3.8, 4) is 0 Å². The van der Waals surface area contributed by atoms with Gasteiger partial charge in [0, 0.05) is 19.9 Å². The van der Waals surface area contributed by atoms with Crippen LogP contribution in [-0.4, -0.2) is 39.5 Å². The van der Waals surface area contributed by atoms with Crippen molar-refractivity contribution in [1.82, 2.24) is 4.90 Å². The number of carbonyl (C=O) groups is 3. The van der Waals surface area contributed by atoms with E-state index in [1.807, 2.05) is 0 Å². The summed E-state index contributed by atoms with van der Waals surface area (Å²) in [6, 6.07) is 0. The number of hydrogen-bond acceptors (Lipinski definition) is 3. The van der Waals surface area contributed by atoms with Gasteiger partial charge in [0.1, 0.15) is 0 Å². The number of likely N-dealkylation sites (tertiary alicyclic amines) is 1. The molecule has 0 spiro atoms. The quantitative estimate of drug-likeness (QED) is 0.272. The summed E-state index contributed by atoms with van der Waals surface area (Å²) in [5.41, 5.74) is 7.90. The van der Waals surface area contributed by atoms with Crippen molar-refractivity contribution >= 4 is 23.3 Å². The molecule has 1 aliphatic rings. The molecule has 1 heterocycles. The van der Waals surface area contributed by atoms with Gasteiger partial charge in [-0.2, -0.15) is 4.79 Å². The lowest BCUT2D eigenvalue weighted by Crippen LogP contribution is -2.45. The molecule has 80 valence electrons. The lowest BCUT2D eigenvalue weighted by atomic mass is 10.1. The summed E-state index contributed by atoms with van der Waals surface area (Å²) in [4.78, 5) is 37.4. The van der Waals surface area contributed by atoms with E-state index in [1.165, 1.54) is 0 Å². The zero-order chi connectivity index (χ0) is 11.4. The van der Waals surface area contributed by atoms with Crippen molar-refractivity contribution in [2.75, 3.05) is 6.54 Å². The molecule has 1 rings (SSSR count). The van der Waals surface area contributed by atoms with Gasteiger partial charge in [0.25, 0.3) is 0 Å². The summed E-state index contributed by atoms with van der Waals surface area (Å²) in [6.07, 6.45) is 1.75. The average Bonchev–Trinajstić information content (AvgIpc) is 2.18. The topological polar surface area (TPSA) is 90.8 Å². The highest BCUT2D eigenvalue weighted by Crippen LogP contribution is 2.10. The Hall–Kier alpha value is -1.81. The average molecular weight is 209 g/mol. The van der Waals surface area contributed by atoms with Gasteiger partial charge in [-0.15, -0.1) is 0 Å². The van der Waals surface area contributed by atoms with Gasteiger partial charge >= 0.3 is 11.6 Å². The van der Waals surface area contributed by atoms with Crippen LogP contribution in [0.2, 0.25) is 0 Å². The number of piperidine rings is 1. The Labute approximate surface area is 86.5 Å². The predicted molar refractivity (Wildman–Crippen MR) is 49.9 cm³/mol. The molecule has 0 unspecified atom stereocenters. The molecule has 0 aliphatic carbocycles. The number of nitrogens with zero attached hydrogens (tertiary/aromatic N) is 3. The highest BCUT2D eigenvalue weighted by atomic mass is 16.2. The first-order valence-corrected chi connectivity index (χ1v) is 4.65. The van der Waals surface area contributed by atoms with Crippen LogP contribution in [0.15, 0.2) is 0 Å². The number of amides is 2. The highest BCUT2D eigenvalue weighted by molar-refractivity contribution is 6.63.